The van der Waals surface area contributed by atoms with E-state index in [0.29, 0.717) is 58.3 Å². The van der Waals surface area contributed by atoms with Gasteiger partial charge in [-0.25, -0.2) is 19.9 Å². The van der Waals surface area contributed by atoms with E-state index in [4.69, 9.17) is 38.9 Å². The summed E-state index contributed by atoms with van der Waals surface area (Å²) in [6.07, 6.45) is 28.1. The van der Waals surface area contributed by atoms with Gasteiger partial charge in [0.15, 0.2) is 45.9 Å². The second-order valence-corrected chi connectivity index (χ2v) is 33.1. The normalized spacial score (nSPS) is 17.5. The molecule has 4 aromatic carbocycles. The molecule has 2 unspecified atom stereocenters. The first-order valence-electron chi connectivity index (χ1n) is 44.5. The monoisotopic (exact) mass is 1690 g/mol. The smallest absolute Gasteiger partial charge is 0.231 e. The Labute approximate surface area is 723 Å². The van der Waals surface area contributed by atoms with Crippen LogP contribution >= 0.6 is 0 Å². The number of nitrogens with one attached hydrogen (secondary N) is 12. The van der Waals surface area contributed by atoms with Gasteiger partial charge in [0.2, 0.25) is 29.7 Å². The largest absolute Gasteiger partial charge is 0.378 e. The number of amides is 1. The number of morpholine rings is 4. The molecule has 5 saturated heterocycles. The second kappa shape index (κ2) is 42.7. The fourth-order valence-corrected chi connectivity index (χ4v) is 16.6. The molecule has 6 fully saturated rings. The number of piperidine rings is 1. The minimum Gasteiger partial charge on any atom is -0.378 e. The van der Waals surface area contributed by atoms with Gasteiger partial charge in [-0.1, -0.05) is 58.1 Å². The Morgan fingerprint density at radius 2 is 0.806 bits per heavy atom. The van der Waals surface area contributed by atoms with Crippen molar-refractivity contribution >= 4 is 143 Å². The van der Waals surface area contributed by atoms with Crippen molar-refractivity contribution in [1.82, 2.24) is 84.6 Å². The molecule has 13 heterocycles. The lowest BCUT2D eigenvalue weighted by molar-refractivity contribution is -0.129. The fraction of sp³-hybridized carbons (Fsp3) is 0.478. The third-order valence-electron chi connectivity index (χ3n) is 23.7. The number of anilines is 16. The summed E-state index contributed by atoms with van der Waals surface area (Å²) in [5.41, 5.74) is 14.5. The van der Waals surface area contributed by atoms with Gasteiger partial charge in [0.25, 0.3) is 0 Å². The summed E-state index contributed by atoms with van der Waals surface area (Å²) >= 11 is 0. The number of allylic oxidation sites excluding steroid dienone is 2. The standard InChI is InChI=1S/C23H29N7O.C23H33N7O.C22H28N8O2.C22H29N7O/c1-2-4-17(5-3-1)10-11-24-21-20-22(26-16-25-20)29-23(28-21)27-18-6-8-19(9-7-18)30-12-14-31-15-13-30;1-16(2)5-4-6-17(3)26-22-20-21(25-15-24-20)28-23(29-22)27-18-7-9-19(10-8-18)30-11-13-31-14-12-30;1-15(31)29-8-6-17(7-9-29)25-21-19-20(24-14-23-19)27-22(28-21)26-16-2-4-18(5-3-16)30-10-12-32-13-11-30;1-2-4-16(5-3-1)14-23-20-19-21(25-15-24-19)28-22(27-20)26-17-6-8-18(9-7-17)29-10-12-30-13-11-29/h2,4,6-9,16-17H,1,3,5,10-15H2,(H3,24,25,26,27,28,29);7-10,15-17H,4-6,11-14H2,1-3H3,(H3,24,25,26,27,28,29);2-5,14,17H,6-13H2,1H3,(H3,23,24,25,26,27,28);6-9,15-16H,1-5,10-14H2,(H3,23,24,25,26,27,28). The maximum atomic E-state index is 11.6. The zero-order valence-electron chi connectivity index (χ0n) is 71.8. The highest BCUT2D eigenvalue weighted by molar-refractivity contribution is 5.87. The van der Waals surface area contributed by atoms with E-state index in [1.54, 1.807) is 32.2 Å². The molecule has 7 aliphatic rings. The molecule has 19 rings (SSSR count). The lowest BCUT2D eigenvalue weighted by Crippen LogP contribution is -2.41. The number of fused-ring (bicyclic) bond motifs is 4. The molecule has 0 radical (unpaired) electrons. The molecular formula is C90H119N29O5. The topological polar surface area (TPSA) is 384 Å². The summed E-state index contributed by atoms with van der Waals surface area (Å²) < 4.78 is 21.7. The molecule has 2 atom stereocenters. The van der Waals surface area contributed by atoms with Crippen LogP contribution < -0.4 is 62.1 Å². The van der Waals surface area contributed by atoms with Gasteiger partial charge in [-0.3, -0.25) is 4.79 Å². The molecule has 5 aliphatic heterocycles. The van der Waals surface area contributed by atoms with Crippen molar-refractivity contribution in [1.29, 1.82) is 0 Å². The lowest BCUT2D eigenvalue weighted by Gasteiger charge is -2.32. The van der Waals surface area contributed by atoms with E-state index in [-0.39, 0.29) is 11.9 Å². The molecule has 34 nitrogen and oxygen atoms in total. The molecule has 0 bridgehead atoms. The van der Waals surface area contributed by atoms with Crippen molar-refractivity contribution in [3.8, 4) is 0 Å². The molecule has 654 valence electrons. The molecule has 1 saturated carbocycles. The van der Waals surface area contributed by atoms with E-state index in [9.17, 15) is 4.79 Å². The number of rotatable bonds is 27. The van der Waals surface area contributed by atoms with Crippen LogP contribution in [0.15, 0.2) is 135 Å². The number of carbonyl (C=O) groups is 1. The number of hydrogen-bond donors (Lipinski definition) is 12. The first-order valence-corrected chi connectivity index (χ1v) is 44.5. The molecule has 34 heteroatoms. The summed E-state index contributed by atoms with van der Waals surface area (Å²) in [6.45, 7) is 25.3. The molecule has 124 heavy (non-hydrogen) atoms. The van der Waals surface area contributed by atoms with Gasteiger partial charge >= 0.3 is 0 Å². The average Bonchev–Trinajstić information content (AvgIpc) is 1.62. The number of imidazole rings is 4. The van der Waals surface area contributed by atoms with Gasteiger partial charge in [-0.15, -0.1) is 0 Å². The van der Waals surface area contributed by atoms with Gasteiger partial charge in [-0.2, -0.15) is 39.9 Å². The highest BCUT2D eigenvalue weighted by Crippen LogP contribution is 2.33. The van der Waals surface area contributed by atoms with Crippen LogP contribution in [0.2, 0.25) is 0 Å². The highest BCUT2D eigenvalue weighted by Gasteiger charge is 2.25. The minimum absolute atomic E-state index is 0.132. The number of ether oxygens (including phenoxy) is 4. The number of aromatic nitrogens is 16. The number of likely N-dealkylation sites (tertiary alicyclic amines) is 1. The Morgan fingerprint density at radius 3 is 1.19 bits per heavy atom. The highest BCUT2D eigenvalue weighted by atomic mass is 16.5. The molecule has 0 spiro atoms. The Bertz CT molecular complexity index is 5340. The third kappa shape index (κ3) is 23.5. The molecule has 12 aromatic rings. The van der Waals surface area contributed by atoms with Gasteiger partial charge in [0.05, 0.1) is 78.2 Å². The van der Waals surface area contributed by atoms with Gasteiger partial charge in [0, 0.05) is 143 Å². The molecule has 12 N–H and O–H groups in total. The van der Waals surface area contributed by atoms with E-state index < -0.39 is 0 Å². The van der Waals surface area contributed by atoms with Crippen LogP contribution in [0.5, 0.6) is 0 Å². The van der Waals surface area contributed by atoms with E-state index in [2.05, 4.69) is 240 Å². The van der Waals surface area contributed by atoms with E-state index in [1.165, 1.54) is 87.0 Å². The van der Waals surface area contributed by atoms with Crippen molar-refractivity contribution in [2.45, 2.75) is 130 Å². The van der Waals surface area contributed by atoms with E-state index in [1.807, 2.05) is 17.0 Å². The predicted octanol–water partition coefficient (Wildman–Crippen LogP) is 14.9. The van der Waals surface area contributed by atoms with Crippen LogP contribution in [0.3, 0.4) is 0 Å². The Balaban J connectivity index is 0.000000122. The van der Waals surface area contributed by atoms with Crippen LogP contribution in [0.25, 0.3) is 44.7 Å². The zero-order valence-corrected chi connectivity index (χ0v) is 71.8. The van der Waals surface area contributed by atoms with Crippen molar-refractivity contribution in [2.75, 3.05) is 194 Å². The summed E-state index contributed by atoms with van der Waals surface area (Å²) in [5.74, 6) is 7.47. The second-order valence-electron chi connectivity index (χ2n) is 33.1. The van der Waals surface area contributed by atoms with Crippen LogP contribution in [-0.2, 0) is 23.7 Å². The Kier molecular flexibility index (Phi) is 29.4. The van der Waals surface area contributed by atoms with Crippen LogP contribution in [0.1, 0.15) is 118 Å². The number of H-pyrrole nitrogens is 4. The van der Waals surface area contributed by atoms with Crippen molar-refractivity contribution in [2.24, 2.45) is 17.8 Å². The SMILES string of the molecule is C1=CC(CCNc2nc(Nc3ccc(N4CCOCC4)cc3)nc3nc[nH]c23)CCC1.CC(=O)N1CCC(Nc2nc(Nc3ccc(N4CCOCC4)cc3)nc3nc[nH]c23)CC1.CC(C)CCCC(C)Nc1nc(Nc2ccc(N3CCOCC3)cc2)nc2nc[nH]c12.c1nc2nc(Nc3ccc(N4CCOCC4)cc3)nc(NCC3CCCCC3)c2[nH]1. The molecule has 2 aliphatic carbocycles. The first kappa shape index (κ1) is 85.3. The van der Waals surface area contributed by atoms with Crippen molar-refractivity contribution in [3.63, 3.8) is 0 Å². The number of hydrogen-bond acceptors (Lipinski definition) is 29. The molecule has 1 amide bonds. The fourth-order valence-electron chi connectivity index (χ4n) is 16.6. The van der Waals surface area contributed by atoms with Gasteiger partial charge in [-0.05, 0) is 180 Å². The number of aromatic amines is 4. The van der Waals surface area contributed by atoms with E-state index in [0.717, 1.165) is 237 Å². The number of nitrogens with zero attached hydrogens (tertiary/aromatic N) is 17. The predicted molar refractivity (Wildman–Crippen MR) is 493 cm³/mol. The van der Waals surface area contributed by atoms with Crippen LogP contribution in [-0.4, -0.2) is 234 Å². The first-order chi connectivity index (χ1) is 60.9. The number of carbonyl (C=O) groups excluding carboxylic acids is 1. The van der Waals surface area contributed by atoms with E-state index >= 15 is 0 Å². The summed E-state index contributed by atoms with van der Waals surface area (Å²) in [6, 6.07) is 34.0. The third-order valence-corrected chi connectivity index (χ3v) is 23.7. The maximum absolute atomic E-state index is 11.6. The molecular weight excluding hydrogens is 1570 g/mol. The quantitative estimate of drug-likeness (QED) is 0.0213. The minimum atomic E-state index is 0.132. The lowest BCUT2D eigenvalue weighted by atomic mass is 9.89. The average molecular weight is 1690 g/mol. The van der Waals surface area contributed by atoms with Crippen LogP contribution in [0, 0.1) is 17.8 Å². The summed E-state index contributed by atoms with van der Waals surface area (Å²) in [4.78, 5) is 89.9. The Hall–Kier alpha value is -12.3. The van der Waals surface area contributed by atoms with Crippen LogP contribution in [0.4, 0.5) is 92.6 Å². The van der Waals surface area contributed by atoms with Gasteiger partial charge in [0.1, 0.15) is 22.1 Å². The van der Waals surface area contributed by atoms with Crippen molar-refractivity contribution in [3.05, 3.63) is 135 Å². The van der Waals surface area contributed by atoms with Crippen molar-refractivity contribution < 1.29 is 23.7 Å². The maximum Gasteiger partial charge on any atom is 0.231 e. The summed E-state index contributed by atoms with van der Waals surface area (Å²) in [7, 11) is 0. The number of benzene rings is 4. The van der Waals surface area contributed by atoms with Gasteiger partial charge < -0.3 is 106 Å². The molecule has 8 aromatic heterocycles. The summed E-state index contributed by atoms with van der Waals surface area (Å²) in [5, 5.41) is 27.4. The zero-order chi connectivity index (χ0) is 84.6. The Morgan fingerprint density at radius 1 is 0.427 bits per heavy atom.